The van der Waals surface area contributed by atoms with Crippen LogP contribution in [0.5, 0.6) is 0 Å². The predicted molar refractivity (Wildman–Crippen MR) is 53.8 cm³/mol. The molecule has 1 aromatic carbocycles. The average Bonchev–Trinajstić information content (AvgIpc) is 2.02. The van der Waals surface area contributed by atoms with E-state index in [0.717, 1.165) is 0 Å². The molecule has 0 heterocycles. The van der Waals surface area contributed by atoms with E-state index in [-0.39, 0.29) is 6.04 Å². The fraction of sp³-hybridized carbons (Fsp3) is 0.222. The molecule has 1 aromatic rings. The van der Waals surface area contributed by atoms with Crippen LogP contribution in [0, 0.1) is 11.3 Å². The Hall–Kier alpha value is -0.750. The molecule has 0 radical (unpaired) electrons. The van der Waals surface area contributed by atoms with Crippen molar-refractivity contribution >= 4 is 23.2 Å². The van der Waals surface area contributed by atoms with Crippen molar-refractivity contribution in [2.75, 3.05) is 0 Å². The summed E-state index contributed by atoms with van der Waals surface area (Å²) in [4.78, 5) is 0. The van der Waals surface area contributed by atoms with Gasteiger partial charge in [0.2, 0.25) is 0 Å². The number of hydrogen-bond acceptors (Lipinski definition) is 2. The van der Waals surface area contributed by atoms with Gasteiger partial charge in [-0.3, -0.25) is 0 Å². The van der Waals surface area contributed by atoms with Crippen LogP contribution in [-0.4, -0.2) is 0 Å². The van der Waals surface area contributed by atoms with Crippen molar-refractivity contribution in [2.45, 2.75) is 13.0 Å². The minimum absolute atomic E-state index is 0.229. The molecule has 1 rings (SSSR count). The molecule has 0 saturated heterocycles. The molecule has 4 heteroatoms. The number of rotatable bonds is 1. The van der Waals surface area contributed by atoms with Crippen LogP contribution in [0.1, 0.15) is 24.1 Å². The van der Waals surface area contributed by atoms with E-state index in [4.69, 9.17) is 34.2 Å². The van der Waals surface area contributed by atoms with Gasteiger partial charge in [0.25, 0.3) is 0 Å². The molecular formula is C9H8Cl2N2. The smallest absolute Gasteiger partial charge is 0.0992 e. The highest BCUT2D eigenvalue weighted by Crippen LogP contribution is 2.30. The van der Waals surface area contributed by atoms with Crippen LogP contribution >= 0.6 is 23.2 Å². The van der Waals surface area contributed by atoms with Gasteiger partial charge in [-0.25, -0.2) is 0 Å². The molecule has 13 heavy (non-hydrogen) atoms. The van der Waals surface area contributed by atoms with Gasteiger partial charge in [-0.2, -0.15) is 5.26 Å². The first kappa shape index (κ1) is 10.3. The molecule has 68 valence electrons. The molecule has 0 bridgehead atoms. The quantitative estimate of drug-likeness (QED) is 0.782. The summed E-state index contributed by atoms with van der Waals surface area (Å²) in [5, 5.41) is 9.50. The fourth-order valence-electron chi connectivity index (χ4n) is 1.08. The van der Waals surface area contributed by atoms with Gasteiger partial charge in [-0.15, -0.1) is 0 Å². The normalized spacial score (nSPS) is 12.2. The van der Waals surface area contributed by atoms with E-state index < -0.39 is 0 Å². The maximum absolute atomic E-state index is 8.62. The first-order valence-electron chi connectivity index (χ1n) is 3.71. The third-order valence-electron chi connectivity index (χ3n) is 1.66. The molecule has 0 aromatic heterocycles. The number of benzene rings is 1. The molecular weight excluding hydrogens is 207 g/mol. The minimum atomic E-state index is -0.229. The molecule has 0 saturated carbocycles. The van der Waals surface area contributed by atoms with Gasteiger partial charge in [-0.05, 0) is 19.1 Å². The molecule has 1 atom stereocenters. The van der Waals surface area contributed by atoms with E-state index in [1.54, 1.807) is 19.1 Å². The van der Waals surface area contributed by atoms with Crippen LogP contribution in [0.2, 0.25) is 10.0 Å². The summed E-state index contributed by atoms with van der Waals surface area (Å²) in [5.41, 5.74) is 6.78. The van der Waals surface area contributed by atoms with E-state index in [1.165, 1.54) is 0 Å². The third kappa shape index (κ3) is 2.13. The van der Waals surface area contributed by atoms with Gasteiger partial charge in [-0.1, -0.05) is 23.2 Å². The van der Waals surface area contributed by atoms with Crippen LogP contribution < -0.4 is 5.73 Å². The summed E-state index contributed by atoms with van der Waals surface area (Å²) in [6, 6.07) is 4.86. The predicted octanol–water partition coefficient (Wildman–Crippen LogP) is 2.88. The van der Waals surface area contributed by atoms with Gasteiger partial charge in [0.05, 0.1) is 11.6 Å². The molecule has 0 spiro atoms. The zero-order valence-corrected chi connectivity index (χ0v) is 8.52. The lowest BCUT2D eigenvalue weighted by molar-refractivity contribution is 0.818. The standard InChI is InChI=1S/C9H8Cl2N2/c1-5(13)9-7(10)2-6(4-12)3-8(9)11/h2-3,5H,13H2,1H3/t5-/m1/s1. The van der Waals surface area contributed by atoms with Crippen molar-refractivity contribution in [1.29, 1.82) is 5.26 Å². The van der Waals surface area contributed by atoms with Gasteiger partial charge < -0.3 is 5.73 Å². The summed E-state index contributed by atoms with van der Waals surface area (Å²) in [6.07, 6.45) is 0. The van der Waals surface area contributed by atoms with Gasteiger partial charge in [0.15, 0.2) is 0 Å². The molecule has 0 aliphatic carbocycles. The Labute approximate surface area is 86.9 Å². The number of nitrogens with two attached hydrogens (primary N) is 1. The van der Waals surface area contributed by atoms with E-state index in [2.05, 4.69) is 0 Å². The largest absolute Gasteiger partial charge is 0.324 e. The number of nitriles is 1. The topological polar surface area (TPSA) is 49.8 Å². The highest BCUT2D eigenvalue weighted by molar-refractivity contribution is 6.36. The molecule has 0 aliphatic rings. The second kappa shape index (κ2) is 3.97. The molecule has 2 N–H and O–H groups in total. The Morgan fingerprint density at radius 1 is 1.38 bits per heavy atom. The van der Waals surface area contributed by atoms with E-state index >= 15 is 0 Å². The second-order valence-corrected chi connectivity index (χ2v) is 3.57. The Kier molecular flexibility index (Phi) is 3.16. The van der Waals surface area contributed by atoms with Crippen LogP contribution in [0.3, 0.4) is 0 Å². The van der Waals surface area contributed by atoms with E-state index in [0.29, 0.717) is 21.2 Å². The molecule has 0 unspecified atom stereocenters. The highest BCUT2D eigenvalue weighted by atomic mass is 35.5. The van der Waals surface area contributed by atoms with Gasteiger partial charge in [0, 0.05) is 21.7 Å². The lowest BCUT2D eigenvalue weighted by Gasteiger charge is -2.10. The molecule has 2 nitrogen and oxygen atoms in total. The first-order chi connectivity index (χ1) is 6.06. The second-order valence-electron chi connectivity index (χ2n) is 2.75. The molecule has 0 amide bonds. The maximum atomic E-state index is 8.62. The zero-order valence-electron chi connectivity index (χ0n) is 7.01. The van der Waals surface area contributed by atoms with Crippen LogP contribution in [0.15, 0.2) is 12.1 Å². The Balaban J connectivity index is 3.33. The maximum Gasteiger partial charge on any atom is 0.0992 e. The monoisotopic (exact) mass is 214 g/mol. The van der Waals surface area contributed by atoms with E-state index in [9.17, 15) is 0 Å². The van der Waals surface area contributed by atoms with Crippen LogP contribution in [0.4, 0.5) is 0 Å². The van der Waals surface area contributed by atoms with Crippen molar-refractivity contribution in [3.63, 3.8) is 0 Å². The summed E-state index contributed by atoms with van der Waals surface area (Å²) in [5.74, 6) is 0. The Morgan fingerprint density at radius 2 is 1.85 bits per heavy atom. The van der Waals surface area contributed by atoms with Crippen LogP contribution in [-0.2, 0) is 0 Å². The Morgan fingerprint density at radius 3 is 2.15 bits per heavy atom. The van der Waals surface area contributed by atoms with Crippen molar-refractivity contribution in [1.82, 2.24) is 0 Å². The lowest BCUT2D eigenvalue weighted by atomic mass is 10.1. The number of nitrogens with zero attached hydrogens (tertiary/aromatic N) is 1. The number of halogens is 2. The van der Waals surface area contributed by atoms with Crippen molar-refractivity contribution in [2.24, 2.45) is 5.73 Å². The summed E-state index contributed by atoms with van der Waals surface area (Å²) < 4.78 is 0. The summed E-state index contributed by atoms with van der Waals surface area (Å²) in [7, 11) is 0. The van der Waals surface area contributed by atoms with Crippen molar-refractivity contribution < 1.29 is 0 Å². The zero-order chi connectivity index (χ0) is 10.0. The summed E-state index contributed by atoms with van der Waals surface area (Å²) in [6.45, 7) is 1.79. The van der Waals surface area contributed by atoms with Crippen LogP contribution in [0.25, 0.3) is 0 Å². The SMILES string of the molecule is C[C@@H](N)c1c(Cl)cc(C#N)cc1Cl. The van der Waals surface area contributed by atoms with E-state index in [1.807, 2.05) is 6.07 Å². The summed E-state index contributed by atoms with van der Waals surface area (Å²) >= 11 is 11.8. The lowest BCUT2D eigenvalue weighted by Crippen LogP contribution is -2.06. The molecule has 0 aliphatic heterocycles. The van der Waals surface area contributed by atoms with Gasteiger partial charge in [0.1, 0.15) is 0 Å². The first-order valence-corrected chi connectivity index (χ1v) is 4.46. The fourth-order valence-corrected chi connectivity index (χ4v) is 1.92. The average molecular weight is 215 g/mol. The highest BCUT2D eigenvalue weighted by Gasteiger charge is 2.11. The van der Waals surface area contributed by atoms with Crippen molar-refractivity contribution in [3.8, 4) is 6.07 Å². The molecule has 0 fully saturated rings. The van der Waals surface area contributed by atoms with Crippen molar-refractivity contribution in [3.05, 3.63) is 33.3 Å². The Bertz CT molecular complexity index is 343. The third-order valence-corrected chi connectivity index (χ3v) is 2.29. The minimum Gasteiger partial charge on any atom is -0.324 e. The number of hydrogen-bond donors (Lipinski definition) is 1. The van der Waals surface area contributed by atoms with Gasteiger partial charge >= 0.3 is 0 Å².